The molecule has 2 N–H and O–H groups in total. The number of esters is 1. The van der Waals surface area contributed by atoms with Gasteiger partial charge in [-0.25, -0.2) is 0 Å². The van der Waals surface area contributed by atoms with Gasteiger partial charge >= 0.3 is 5.97 Å². The van der Waals surface area contributed by atoms with Crippen LogP contribution in [0.5, 0.6) is 0 Å². The van der Waals surface area contributed by atoms with Crippen molar-refractivity contribution in [2.45, 2.75) is 26.0 Å². The number of rotatable bonds is 6. The fraction of sp³-hybridized carbons (Fsp3) is 0.235. The molecule has 0 aliphatic heterocycles. The quantitative estimate of drug-likeness (QED) is 0.502. The van der Waals surface area contributed by atoms with Crippen LogP contribution in [-0.4, -0.2) is 16.9 Å². The van der Waals surface area contributed by atoms with Gasteiger partial charge in [0.1, 0.15) is 12.6 Å². The van der Waals surface area contributed by atoms with Crippen LogP contribution in [0.1, 0.15) is 16.7 Å². The molecule has 1 atom stereocenters. The number of nitro benzene ring substituents is 1. The normalized spacial score (nSPS) is 11.7. The molecular weight excluding hydrogens is 296 g/mol. The molecule has 2 aromatic carbocycles. The van der Waals surface area contributed by atoms with Gasteiger partial charge in [-0.1, -0.05) is 24.3 Å². The van der Waals surface area contributed by atoms with Crippen molar-refractivity contribution in [2.75, 3.05) is 0 Å². The monoisotopic (exact) mass is 314 g/mol. The fourth-order valence-electron chi connectivity index (χ4n) is 2.13. The Morgan fingerprint density at radius 2 is 1.87 bits per heavy atom. The SMILES string of the molecule is Cc1ccccc1C[C@H](N)C(=O)OCc1ccc([N+](=O)[O-])cc1. The topological polar surface area (TPSA) is 95.5 Å². The molecule has 120 valence electrons. The molecule has 23 heavy (non-hydrogen) atoms. The van der Waals surface area contributed by atoms with Crippen LogP contribution in [0.4, 0.5) is 5.69 Å². The maximum absolute atomic E-state index is 12.0. The lowest BCUT2D eigenvalue weighted by molar-refractivity contribution is -0.384. The number of nitro groups is 1. The summed E-state index contributed by atoms with van der Waals surface area (Å²) in [4.78, 5) is 22.0. The summed E-state index contributed by atoms with van der Waals surface area (Å²) < 4.78 is 5.17. The van der Waals surface area contributed by atoms with Crippen molar-refractivity contribution in [1.29, 1.82) is 0 Å². The highest BCUT2D eigenvalue weighted by Crippen LogP contribution is 2.13. The van der Waals surface area contributed by atoms with Crippen LogP contribution in [0, 0.1) is 17.0 Å². The fourth-order valence-corrected chi connectivity index (χ4v) is 2.13. The number of hydrogen-bond donors (Lipinski definition) is 1. The Bertz CT molecular complexity index is 698. The summed E-state index contributed by atoms with van der Waals surface area (Å²) in [6, 6.07) is 12.8. The van der Waals surface area contributed by atoms with E-state index in [1.165, 1.54) is 12.1 Å². The maximum atomic E-state index is 12.0. The third-order valence-electron chi connectivity index (χ3n) is 3.53. The van der Waals surface area contributed by atoms with E-state index in [0.29, 0.717) is 12.0 Å². The van der Waals surface area contributed by atoms with Crippen molar-refractivity contribution in [3.63, 3.8) is 0 Å². The average Bonchev–Trinajstić information content (AvgIpc) is 2.55. The number of nitrogens with two attached hydrogens (primary N) is 1. The molecule has 0 fully saturated rings. The Balaban J connectivity index is 1.89. The Hall–Kier alpha value is -2.73. The zero-order valence-corrected chi connectivity index (χ0v) is 12.8. The van der Waals surface area contributed by atoms with Crippen LogP contribution in [-0.2, 0) is 22.6 Å². The minimum absolute atomic E-state index is 0.00340. The molecule has 6 heteroatoms. The van der Waals surface area contributed by atoms with Gasteiger partial charge in [0, 0.05) is 12.1 Å². The molecule has 0 unspecified atom stereocenters. The molecule has 0 radical (unpaired) electrons. The second-order valence-corrected chi connectivity index (χ2v) is 5.27. The summed E-state index contributed by atoms with van der Waals surface area (Å²) in [5.74, 6) is -0.494. The van der Waals surface area contributed by atoms with Crippen molar-refractivity contribution >= 4 is 11.7 Å². The molecule has 0 amide bonds. The number of carbonyl (C=O) groups excluding carboxylic acids is 1. The third-order valence-corrected chi connectivity index (χ3v) is 3.53. The van der Waals surface area contributed by atoms with Crippen molar-refractivity contribution in [2.24, 2.45) is 5.73 Å². The van der Waals surface area contributed by atoms with E-state index in [4.69, 9.17) is 10.5 Å². The van der Waals surface area contributed by atoms with Gasteiger partial charge in [-0.3, -0.25) is 14.9 Å². The van der Waals surface area contributed by atoms with Crippen molar-refractivity contribution in [1.82, 2.24) is 0 Å². The summed E-state index contributed by atoms with van der Waals surface area (Å²) in [6.07, 6.45) is 0.409. The lowest BCUT2D eigenvalue weighted by Crippen LogP contribution is -2.34. The highest BCUT2D eigenvalue weighted by Gasteiger charge is 2.16. The average molecular weight is 314 g/mol. The van der Waals surface area contributed by atoms with Gasteiger partial charge in [-0.2, -0.15) is 0 Å². The van der Waals surface area contributed by atoms with E-state index in [1.807, 2.05) is 31.2 Å². The van der Waals surface area contributed by atoms with Gasteiger partial charge in [0.15, 0.2) is 0 Å². The summed E-state index contributed by atoms with van der Waals surface area (Å²) in [5, 5.41) is 10.6. The number of aryl methyl sites for hydroxylation is 1. The molecule has 0 aliphatic carbocycles. The zero-order valence-electron chi connectivity index (χ0n) is 12.8. The van der Waals surface area contributed by atoms with E-state index in [-0.39, 0.29) is 12.3 Å². The van der Waals surface area contributed by atoms with Gasteiger partial charge in [0.05, 0.1) is 4.92 Å². The molecule has 2 aromatic rings. The van der Waals surface area contributed by atoms with Crippen LogP contribution in [0.3, 0.4) is 0 Å². The van der Waals surface area contributed by atoms with Gasteiger partial charge in [0.25, 0.3) is 5.69 Å². The predicted octanol–water partition coefficient (Wildman–Crippen LogP) is 2.52. The predicted molar refractivity (Wildman–Crippen MR) is 85.8 cm³/mol. The second kappa shape index (κ2) is 7.51. The molecule has 0 aliphatic rings. The van der Waals surface area contributed by atoms with E-state index in [1.54, 1.807) is 12.1 Å². The standard InChI is InChI=1S/C17H18N2O4/c1-12-4-2-3-5-14(12)10-16(18)17(20)23-11-13-6-8-15(9-7-13)19(21)22/h2-9,16H,10-11,18H2,1H3/t16-/m0/s1. The molecule has 0 spiro atoms. The smallest absolute Gasteiger partial charge is 0.323 e. The van der Waals surface area contributed by atoms with Crippen molar-refractivity contribution in [3.8, 4) is 0 Å². The number of benzene rings is 2. The Labute approximate surface area is 134 Å². The van der Waals surface area contributed by atoms with Crippen molar-refractivity contribution < 1.29 is 14.5 Å². The van der Waals surface area contributed by atoms with Gasteiger partial charge in [0.2, 0.25) is 0 Å². The maximum Gasteiger partial charge on any atom is 0.323 e. The van der Waals surface area contributed by atoms with Crippen LogP contribution in [0.25, 0.3) is 0 Å². The van der Waals surface area contributed by atoms with Crippen LogP contribution in [0.15, 0.2) is 48.5 Å². The van der Waals surface area contributed by atoms with E-state index in [0.717, 1.165) is 11.1 Å². The number of nitrogens with zero attached hydrogens (tertiary/aromatic N) is 1. The molecule has 0 aromatic heterocycles. The van der Waals surface area contributed by atoms with Crippen LogP contribution in [0.2, 0.25) is 0 Å². The molecule has 0 bridgehead atoms. The Morgan fingerprint density at radius 3 is 2.48 bits per heavy atom. The van der Waals surface area contributed by atoms with Gasteiger partial charge in [-0.15, -0.1) is 0 Å². The highest BCUT2D eigenvalue weighted by molar-refractivity contribution is 5.76. The molecule has 0 heterocycles. The first kappa shape index (κ1) is 16.6. The summed E-state index contributed by atoms with van der Waals surface area (Å²) in [5.41, 5.74) is 8.63. The summed E-state index contributed by atoms with van der Waals surface area (Å²) >= 11 is 0. The van der Waals surface area contributed by atoms with E-state index in [9.17, 15) is 14.9 Å². The Kier molecular flexibility index (Phi) is 5.43. The molecule has 0 saturated carbocycles. The van der Waals surface area contributed by atoms with E-state index in [2.05, 4.69) is 0 Å². The molecule has 6 nitrogen and oxygen atoms in total. The largest absolute Gasteiger partial charge is 0.460 e. The minimum Gasteiger partial charge on any atom is -0.460 e. The third kappa shape index (κ3) is 4.62. The van der Waals surface area contributed by atoms with Crippen LogP contribution >= 0.6 is 0 Å². The summed E-state index contributed by atoms with van der Waals surface area (Å²) in [7, 11) is 0. The first-order valence-electron chi connectivity index (χ1n) is 7.17. The highest BCUT2D eigenvalue weighted by atomic mass is 16.6. The molecule has 0 saturated heterocycles. The van der Waals surface area contributed by atoms with E-state index >= 15 is 0 Å². The van der Waals surface area contributed by atoms with Gasteiger partial charge < -0.3 is 10.5 Å². The van der Waals surface area contributed by atoms with Gasteiger partial charge in [-0.05, 0) is 42.2 Å². The number of non-ortho nitro benzene ring substituents is 1. The Morgan fingerprint density at radius 1 is 1.22 bits per heavy atom. The van der Waals surface area contributed by atoms with E-state index < -0.39 is 16.9 Å². The number of hydrogen-bond acceptors (Lipinski definition) is 5. The van der Waals surface area contributed by atoms with Crippen molar-refractivity contribution in [3.05, 3.63) is 75.3 Å². The lowest BCUT2D eigenvalue weighted by atomic mass is 10.0. The second-order valence-electron chi connectivity index (χ2n) is 5.27. The van der Waals surface area contributed by atoms with Crippen LogP contribution < -0.4 is 5.73 Å². The first-order chi connectivity index (χ1) is 11.0. The molecule has 2 rings (SSSR count). The number of carbonyl (C=O) groups is 1. The summed E-state index contributed by atoms with van der Waals surface area (Å²) in [6.45, 7) is 2.00. The zero-order chi connectivity index (χ0) is 16.8. The first-order valence-corrected chi connectivity index (χ1v) is 7.17. The molecular formula is C17H18N2O4. The lowest BCUT2D eigenvalue weighted by Gasteiger charge is -2.13. The minimum atomic E-state index is -0.742. The number of ether oxygens (including phenoxy) is 1.